The van der Waals surface area contributed by atoms with E-state index in [1.165, 1.54) is 59.0 Å². The number of halogens is 1. The number of fused-ring (bicyclic) bond motifs is 1. The average molecular weight is 748 g/mol. The molecule has 0 bridgehead atoms. The topological polar surface area (TPSA) is 114 Å². The van der Waals surface area contributed by atoms with Gasteiger partial charge in [-0.1, -0.05) is 66.7 Å². The predicted octanol–water partition coefficient (Wildman–Crippen LogP) is 8.87. The maximum atomic E-state index is 13.6. The Kier molecular flexibility index (Phi) is 12.2. The smallest absolute Gasteiger partial charge is 0.341 e. The van der Waals surface area contributed by atoms with Crippen LogP contribution in [0.2, 0.25) is 0 Å². The molecule has 0 saturated carbocycles. The Morgan fingerprint density at radius 3 is 2.36 bits per heavy atom. The number of nitrogens with one attached hydrogen (secondary N) is 3. The van der Waals surface area contributed by atoms with Crippen LogP contribution < -0.4 is 16.0 Å². The van der Waals surface area contributed by atoms with Crippen LogP contribution in [0.15, 0.2) is 120 Å². The summed E-state index contributed by atoms with van der Waals surface area (Å²) in [6.07, 6.45) is 3.87. The van der Waals surface area contributed by atoms with Crippen molar-refractivity contribution in [2.75, 3.05) is 17.2 Å². The molecule has 2 unspecified atom stereocenters. The number of amides is 3. The van der Waals surface area contributed by atoms with E-state index in [-0.39, 0.29) is 18.2 Å². The zero-order valence-electron chi connectivity index (χ0n) is 29.2. The van der Waals surface area contributed by atoms with Gasteiger partial charge < -0.3 is 20.7 Å². The highest BCUT2D eigenvalue weighted by Crippen LogP contribution is 2.43. The number of rotatable bonds is 12. The van der Waals surface area contributed by atoms with E-state index in [9.17, 15) is 23.6 Å². The van der Waals surface area contributed by atoms with Gasteiger partial charge >= 0.3 is 5.97 Å². The van der Waals surface area contributed by atoms with E-state index in [1.807, 2.05) is 24.3 Å². The molecule has 6 rings (SSSR count). The van der Waals surface area contributed by atoms with Crippen molar-refractivity contribution in [3.8, 4) is 0 Å². The summed E-state index contributed by atoms with van der Waals surface area (Å²) in [7, 11) is 0. The Morgan fingerprint density at radius 1 is 0.925 bits per heavy atom. The number of carbonyl (C=O) groups excluding carboxylic acids is 4. The van der Waals surface area contributed by atoms with Gasteiger partial charge in [0.15, 0.2) is 0 Å². The minimum atomic E-state index is -0.589. The third kappa shape index (κ3) is 9.48. The van der Waals surface area contributed by atoms with Crippen molar-refractivity contribution in [1.29, 1.82) is 0 Å². The Hall–Kier alpha value is -5.52. The maximum Gasteiger partial charge on any atom is 0.341 e. The monoisotopic (exact) mass is 747 g/mol. The number of hydrogen-bond donors (Lipinski definition) is 3. The highest BCUT2D eigenvalue weighted by molar-refractivity contribution is 8.00. The van der Waals surface area contributed by atoms with E-state index in [4.69, 9.17) is 4.74 Å². The number of anilines is 2. The molecule has 0 aliphatic heterocycles. The molecule has 0 saturated heterocycles. The zero-order valence-corrected chi connectivity index (χ0v) is 30.8. The van der Waals surface area contributed by atoms with Gasteiger partial charge in [0.2, 0.25) is 5.91 Å². The van der Waals surface area contributed by atoms with E-state index in [1.54, 1.807) is 62.4 Å². The van der Waals surface area contributed by atoms with E-state index < -0.39 is 28.9 Å². The van der Waals surface area contributed by atoms with Crippen LogP contribution in [-0.4, -0.2) is 35.5 Å². The van der Waals surface area contributed by atoms with Gasteiger partial charge in [0.25, 0.3) is 11.8 Å². The van der Waals surface area contributed by atoms with Crippen molar-refractivity contribution < 1.29 is 28.3 Å². The number of hydrogen-bond acceptors (Lipinski definition) is 7. The first-order valence-corrected chi connectivity index (χ1v) is 19.0. The summed E-state index contributed by atoms with van der Waals surface area (Å²) in [4.78, 5) is 55.1. The lowest BCUT2D eigenvalue weighted by Crippen LogP contribution is -2.30. The van der Waals surface area contributed by atoms with Gasteiger partial charge in [0.1, 0.15) is 16.5 Å². The van der Waals surface area contributed by atoms with E-state index in [2.05, 4.69) is 28.1 Å². The van der Waals surface area contributed by atoms with E-state index >= 15 is 0 Å². The van der Waals surface area contributed by atoms with Gasteiger partial charge in [0.05, 0.1) is 17.4 Å². The average Bonchev–Trinajstić information content (AvgIpc) is 3.53. The molecule has 270 valence electrons. The normalized spacial score (nSPS) is 14.4. The number of carbonyl (C=O) groups is 4. The lowest BCUT2D eigenvalue weighted by atomic mass is 9.83. The molecule has 0 radical (unpaired) electrons. The number of benzene rings is 4. The van der Waals surface area contributed by atoms with Crippen molar-refractivity contribution in [2.45, 2.75) is 49.2 Å². The summed E-state index contributed by atoms with van der Waals surface area (Å²) >= 11 is 2.73. The fourth-order valence-electron chi connectivity index (χ4n) is 6.09. The molecule has 1 aliphatic carbocycles. The fraction of sp³-hybridized carbons (Fsp3) is 0.190. The van der Waals surface area contributed by atoms with Crippen molar-refractivity contribution in [1.82, 2.24) is 5.32 Å². The summed E-state index contributed by atoms with van der Waals surface area (Å²) in [6.45, 7) is 3.77. The number of thiophene rings is 1. The van der Waals surface area contributed by atoms with Gasteiger partial charge in [0, 0.05) is 21.0 Å². The molecule has 3 N–H and O–H groups in total. The molecule has 1 aliphatic rings. The van der Waals surface area contributed by atoms with E-state index in [0.29, 0.717) is 38.2 Å². The summed E-state index contributed by atoms with van der Waals surface area (Å²) in [5.74, 6) is -1.88. The first kappa shape index (κ1) is 37.2. The third-order valence-corrected chi connectivity index (χ3v) is 11.0. The molecule has 8 nitrogen and oxygen atoms in total. The van der Waals surface area contributed by atoms with Crippen LogP contribution in [0.3, 0.4) is 0 Å². The van der Waals surface area contributed by atoms with Crippen LogP contribution in [0.5, 0.6) is 0 Å². The Balaban J connectivity index is 1.15. The molecular formula is C42H38FN3O5S2. The van der Waals surface area contributed by atoms with Gasteiger partial charge in [-0.15, -0.1) is 23.1 Å². The molecule has 2 atom stereocenters. The van der Waals surface area contributed by atoms with Crippen molar-refractivity contribution in [2.24, 2.45) is 0 Å². The zero-order chi connectivity index (χ0) is 37.3. The Bertz CT molecular complexity index is 2140. The lowest BCUT2D eigenvalue weighted by Gasteiger charge is -2.23. The Morgan fingerprint density at radius 2 is 1.64 bits per heavy atom. The van der Waals surface area contributed by atoms with Crippen molar-refractivity contribution in [3.63, 3.8) is 0 Å². The van der Waals surface area contributed by atoms with Crippen LogP contribution in [0.25, 0.3) is 6.08 Å². The largest absolute Gasteiger partial charge is 0.462 e. The van der Waals surface area contributed by atoms with Gasteiger partial charge in [-0.25, -0.2) is 9.18 Å². The number of thioether (sulfide) groups is 1. The van der Waals surface area contributed by atoms with Crippen LogP contribution >= 0.6 is 23.1 Å². The number of ether oxygens (including phenoxy) is 1. The molecule has 4 aromatic carbocycles. The highest BCUT2D eigenvalue weighted by Gasteiger charge is 2.31. The molecule has 0 fully saturated rings. The van der Waals surface area contributed by atoms with Crippen LogP contribution in [0, 0.1) is 5.82 Å². The molecule has 1 heterocycles. The van der Waals surface area contributed by atoms with E-state index in [0.717, 1.165) is 29.7 Å². The highest BCUT2D eigenvalue weighted by atomic mass is 32.2. The molecule has 11 heteroatoms. The summed E-state index contributed by atoms with van der Waals surface area (Å²) < 4.78 is 19.0. The van der Waals surface area contributed by atoms with Crippen LogP contribution in [0.1, 0.15) is 68.5 Å². The predicted molar refractivity (Wildman–Crippen MR) is 209 cm³/mol. The first-order valence-electron chi connectivity index (χ1n) is 17.3. The first-order chi connectivity index (χ1) is 25.7. The molecule has 1 aromatic heterocycles. The van der Waals surface area contributed by atoms with Crippen molar-refractivity contribution >= 4 is 63.6 Å². The SMILES string of the molecule is CCOC(=O)c1c(NC(=O)C(C)Sc2cccc(NC(=O)/C(=C/c3ccc(F)cc3)NC(=O)c3ccccc3)c2)sc2c1CCC(c1ccccc1)C2. The van der Waals surface area contributed by atoms with Gasteiger partial charge in [-0.05, 0) is 104 Å². The second kappa shape index (κ2) is 17.3. The second-order valence-electron chi connectivity index (χ2n) is 12.4. The molecule has 5 aromatic rings. The maximum absolute atomic E-state index is 13.6. The molecule has 3 amide bonds. The lowest BCUT2D eigenvalue weighted by molar-refractivity contribution is -0.115. The molecule has 53 heavy (non-hydrogen) atoms. The quantitative estimate of drug-likeness (QED) is 0.0668. The molecule has 0 spiro atoms. The Labute approximate surface area is 315 Å². The summed E-state index contributed by atoms with van der Waals surface area (Å²) in [5.41, 5.74) is 3.94. The summed E-state index contributed by atoms with van der Waals surface area (Å²) in [6, 6.07) is 31.4. The van der Waals surface area contributed by atoms with Gasteiger partial charge in [-0.3, -0.25) is 14.4 Å². The number of esters is 1. The van der Waals surface area contributed by atoms with Crippen LogP contribution in [0.4, 0.5) is 15.1 Å². The van der Waals surface area contributed by atoms with Crippen LogP contribution in [-0.2, 0) is 27.2 Å². The standard InChI is InChI=1S/C42H38FN3O5S2/c1-3-51-42(50)37-34-22-19-30(28-11-6-4-7-12-28)24-36(34)53-41(37)46-38(47)26(2)52-33-16-10-15-32(25-33)44-40(49)35(23-27-17-20-31(43)21-18-27)45-39(48)29-13-8-5-9-14-29/h4-18,20-21,23,25-26,30H,3,19,22,24H2,1-2H3,(H,44,49)(H,45,48)(H,46,47)/b35-23-. The minimum Gasteiger partial charge on any atom is -0.462 e. The summed E-state index contributed by atoms with van der Waals surface area (Å²) in [5, 5.41) is 8.46. The second-order valence-corrected chi connectivity index (χ2v) is 15.0. The minimum absolute atomic E-state index is 0.0394. The van der Waals surface area contributed by atoms with Crippen molar-refractivity contribution in [3.05, 3.63) is 153 Å². The fourth-order valence-corrected chi connectivity index (χ4v) is 8.33. The molecular weight excluding hydrogens is 710 g/mol. The van der Waals surface area contributed by atoms with Gasteiger partial charge in [-0.2, -0.15) is 0 Å². The third-order valence-electron chi connectivity index (χ3n) is 8.74.